The van der Waals surface area contributed by atoms with Crippen LogP contribution in [0.4, 0.5) is 10.5 Å². The SMILES string of the molecule is Cc1c(C(=O)Nc2ccc(SC(=O)N(C)C)cc2)nnn1-c1cccc(Cl)c1. The van der Waals surface area contributed by atoms with Crippen LogP contribution in [-0.4, -0.2) is 45.1 Å². The number of amides is 2. The van der Waals surface area contributed by atoms with E-state index in [4.69, 9.17) is 11.6 Å². The van der Waals surface area contributed by atoms with Gasteiger partial charge in [0.15, 0.2) is 5.69 Å². The summed E-state index contributed by atoms with van der Waals surface area (Å²) in [6.07, 6.45) is 0. The highest BCUT2D eigenvalue weighted by molar-refractivity contribution is 8.13. The number of carbonyl (C=O) groups excluding carboxylic acids is 2. The summed E-state index contributed by atoms with van der Waals surface area (Å²) in [5.41, 5.74) is 2.15. The monoisotopic (exact) mass is 415 g/mol. The molecule has 0 bridgehead atoms. The number of halogens is 1. The predicted octanol–water partition coefficient (Wildman–Crippen LogP) is 4.26. The fraction of sp³-hybridized carbons (Fsp3) is 0.158. The molecule has 0 aliphatic carbocycles. The van der Waals surface area contributed by atoms with E-state index >= 15 is 0 Å². The molecule has 0 aliphatic heterocycles. The maximum Gasteiger partial charge on any atom is 0.285 e. The summed E-state index contributed by atoms with van der Waals surface area (Å²) in [6.45, 7) is 1.77. The van der Waals surface area contributed by atoms with Gasteiger partial charge in [-0.15, -0.1) is 5.10 Å². The largest absolute Gasteiger partial charge is 0.339 e. The fourth-order valence-electron chi connectivity index (χ4n) is 2.38. The van der Waals surface area contributed by atoms with Gasteiger partial charge in [0, 0.05) is 29.7 Å². The summed E-state index contributed by atoms with van der Waals surface area (Å²) in [7, 11) is 3.39. The summed E-state index contributed by atoms with van der Waals surface area (Å²) in [5, 5.41) is 11.4. The first kappa shape index (κ1) is 19.9. The Balaban J connectivity index is 1.72. The lowest BCUT2D eigenvalue weighted by Gasteiger charge is -2.09. The van der Waals surface area contributed by atoms with E-state index in [2.05, 4.69) is 15.6 Å². The van der Waals surface area contributed by atoms with Crippen molar-refractivity contribution in [2.24, 2.45) is 0 Å². The maximum atomic E-state index is 12.6. The molecule has 0 saturated heterocycles. The lowest BCUT2D eigenvalue weighted by atomic mass is 10.2. The third-order valence-electron chi connectivity index (χ3n) is 3.84. The standard InChI is InChI=1S/C19H18ClN5O2S/c1-12-17(22-23-25(12)15-6-4-5-13(20)11-15)18(26)21-14-7-9-16(10-8-14)28-19(27)24(2)3/h4-11H,1-3H3,(H,21,26). The minimum Gasteiger partial charge on any atom is -0.339 e. The van der Waals surface area contributed by atoms with Gasteiger partial charge in [-0.2, -0.15) is 0 Å². The summed E-state index contributed by atoms with van der Waals surface area (Å²) < 4.78 is 1.56. The minimum atomic E-state index is -0.365. The van der Waals surface area contributed by atoms with Crippen molar-refractivity contribution in [2.75, 3.05) is 19.4 Å². The van der Waals surface area contributed by atoms with Crippen LogP contribution in [-0.2, 0) is 0 Å². The lowest BCUT2D eigenvalue weighted by molar-refractivity contribution is 0.102. The Hall–Kier alpha value is -2.84. The van der Waals surface area contributed by atoms with Gasteiger partial charge in [0.1, 0.15) is 0 Å². The molecule has 28 heavy (non-hydrogen) atoms. The first-order valence-electron chi connectivity index (χ1n) is 8.34. The number of hydrogen-bond acceptors (Lipinski definition) is 5. The van der Waals surface area contributed by atoms with Crippen LogP contribution in [0.1, 0.15) is 16.2 Å². The minimum absolute atomic E-state index is 0.0648. The van der Waals surface area contributed by atoms with E-state index in [0.29, 0.717) is 16.4 Å². The Morgan fingerprint density at radius 2 is 1.86 bits per heavy atom. The van der Waals surface area contributed by atoms with Crippen LogP contribution in [0.5, 0.6) is 0 Å². The van der Waals surface area contributed by atoms with Crippen molar-refractivity contribution in [2.45, 2.75) is 11.8 Å². The van der Waals surface area contributed by atoms with Crippen LogP contribution in [0, 0.1) is 6.92 Å². The first-order valence-corrected chi connectivity index (χ1v) is 9.53. The summed E-state index contributed by atoms with van der Waals surface area (Å²) in [4.78, 5) is 26.6. The quantitative estimate of drug-likeness (QED) is 0.644. The van der Waals surface area contributed by atoms with E-state index in [1.54, 1.807) is 68.2 Å². The lowest BCUT2D eigenvalue weighted by Crippen LogP contribution is -2.16. The molecule has 0 aliphatic rings. The van der Waals surface area contributed by atoms with Gasteiger partial charge in [0.25, 0.3) is 11.1 Å². The van der Waals surface area contributed by atoms with Crippen molar-refractivity contribution in [1.82, 2.24) is 19.9 Å². The Bertz CT molecular complexity index is 1020. The van der Waals surface area contributed by atoms with Crippen LogP contribution >= 0.6 is 23.4 Å². The summed E-state index contributed by atoms with van der Waals surface area (Å²) in [5.74, 6) is -0.365. The number of benzene rings is 2. The van der Waals surface area contributed by atoms with Gasteiger partial charge in [-0.25, -0.2) is 4.68 Å². The van der Waals surface area contributed by atoms with Gasteiger partial charge in [-0.05, 0) is 61.2 Å². The van der Waals surface area contributed by atoms with Crippen molar-refractivity contribution >= 4 is 40.2 Å². The van der Waals surface area contributed by atoms with Crippen molar-refractivity contribution in [3.63, 3.8) is 0 Å². The van der Waals surface area contributed by atoms with E-state index in [1.165, 1.54) is 4.90 Å². The zero-order valence-corrected chi connectivity index (χ0v) is 17.1. The van der Waals surface area contributed by atoms with E-state index in [1.807, 2.05) is 6.07 Å². The maximum absolute atomic E-state index is 12.6. The molecule has 7 nitrogen and oxygen atoms in total. The highest BCUT2D eigenvalue weighted by Crippen LogP contribution is 2.23. The Morgan fingerprint density at radius 3 is 2.50 bits per heavy atom. The molecule has 9 heteroatoms. The predicted molar refractivity (Wildman–Crippen MR) is 110 cm³/mol. The van der Waals surface area contributed by atoms with Gasteiger partial charge >= 0.3 is 0 Å². The molecular weight excluding hydrogens is 398 g/mol. The molecule has 2 aromatic carbocycles. The summed E-state index contributed by atoms with van der Waals surface area (Å²) >= 11 is 7.14. The highest BCUT2D eigenvalue weighted by atomic mass is 35.5. The van der Waals surface area contributed by atoms with E-state index < -0.39 is 0 Å². The normalized spacial score (nSPS) is 10.6. The molecule has 3 rings (SSSR count). The van der Waals surface area contributed by atoms with Crippen LogP contribution in [0.2, 0.25) is 5.02 Å². The van der Waals surface area contributed by atoms with Gasteiger partial charge in [-0.3, -0.25) is 9.59 Å². The third-order valence-corrected chi connectivity index (χ3v) is 5.13. The van der Waals surface area contributed by atoms with Gasteiger partial charge in [0.05, 0.1) is 11.4 Å². The molecule has 0 saturated carbocycles. The fourth-order valence-corrected chi connectivity index (χ4v) is 3.22. The first-order chi connectivity index (χ1) is 13.3. The average Bonchev–Trinajstić information content (AvgIpc) is 3.04. The van der Waals surface area contributed by atoms with E-state index in [-0.39, 0.29) is 16.8 Å². The average molecular weight is 416 g/mol. The molecule has 0 spiro atoms. The molecule has 0 radical (unpaired) electrons. The van der Waals surface area contributed by atoms with Crippen LogP contribution in [0.15, 0.2) is 53.4 Å². The molecule has 0 atom stereocenters. The molecule has 2 amide bonds. The number of carbonyl (C=O) groups is 2. The topological polar surface area (TPSA) is 80.1 Å². The molecule has 0 unspecified atom stereocenters. The summed E-state index contributed by atoms with van der Waals surface area (Å²) in [6, 6.07) is 14.2. The van der Waals surface area contributed by atoms with Crippen LogP contribution < -0.4 is 5.32 Å². The zero-order chi connectivity index (χ0) is 20.3. The second kappa shape index (κ2) is 8.45. The molecule has 0 fully saturated rings. The second-order valence-electron chi connectivity index (χ2n) is 6.16. The number of anilines is 1. The number of rotatable bonds is 4. The van der Waals surface area contributed by atoms with Gasteiger partial charge in [0.2, 0.25) is 0 Å². The number of hydrogen-bond donors (Lipinski definition) is 1. The number of nitrogens with zero attached hydrogens (tertiary/aromatic N) is 4. The molecule has 1 N–H and O–H groups in total. The Kier molecular flexibility index (Phi) is 6.01. The molecule has 1 aromatic heterocycles. The van der Waals surface area contributed by atoms with E-state index in [9.17, 15) is 9.59 Å². The number of nitrogens with one attached hydrogen (secondary N) is 1. The number of thioether (sulfide) groups is 1. The van der Waals surface area contributed by atoms with Crippen LogP contribution in [0.25, 0.3) is 5.69 Å². The van der Waals surface area contributed by atoms with Gasteiger partial charge < -0.3 is 10.2 Å². The molecule has 144 valence electrons. The van der Waals surface area contributed by atoms with Crippen LogP contribution in [0.3, 0.4) is 0 Å². The van der Waals surface area contributed by atoms with Crippen molar-refractivity contribution in [1.29, 1.82) is 0 Å². The smallest absolute Gasteiger partial charge is 0.285 e. The zero-order valence-electron chi connectivity index (χ0n) is 15.5. The Labute approximate surface area is 171 Å². The molecular formula is C19H18ClN5O2S. The van der Waals surface area contributed by atoms with Crippen molar-refractivity contribution in [3.8, 4) is 5.69 Å². The van der Waals surface area contributed by atoms with Crippen molar-refractivity contribution < 1.29 is 9.59 Å². The number of aromatic nitrogens is 3. The van der Waals surface area contributed by atoms with Gasteiger partial charge in [-0.1, -0.05) is 22.9 Å². The van der Waals surface area contributed by atoms with E-state index in [0.717, 1.165) is 22.3 Å². The molecule has 3 aromatic rings. The van der Waals surface area contributed by atoms with Crippen molar-refractivity contribution in [3.05, 3.63) is 64.9 Å². The second-order valence-corrected chi connectivity index (χ2v) is 7.62. The highest BCUT2D eigenvalue weighted by Gasteiger charge is 2.18. The Morgan fingerprint density at radius 1 is 1.14 bits per heavy atom. The molecule has 1 heterocycles. The third kappa shape index (κ3) is 4.52.